The number of nitrogens with zero attached hydrogens (tertiary/aromatic N) is 2. The largest absolute Gasteiger partial charge is 0.489 e. The van der Waals surface area contributed by atoms with E-state index in [9.17, 15) is 14.0 Å². The lowest BCUT2D eigenvalue weighted by atomic mass is 10.1. The predicted molar refractivity (Wildman–Crippen MR) is 142 cm³/mol. The zero-order chi connectivity index (χ0) is 28.4. The molecule has 9 nitrogen and oxygen atoms in total. The summed E-state index contributed by atoms with van der Waals surface area (Å²) >= 11 is 0. The highest BCUT2D eigenvalue weighted by molar-refractivity contribution is 5.87. The second-order valence-electron chi connectivity index (χ2n) is 9.63. The lowest BCUT2D eigenvalue weighted by molar-refractivity contribution is -0.132. The third-order valence-corrected chi connectivity index (χ3v) is 6.82. The van der Waals surface area contributed by atoms with E-state index in [-0.39, 0.29) is 65.9 Å². The van der Waals surface area contributed by atoms with Crippen LogP contribution in [0.3, 0.4) is 0 Å². The number of carboxylic acids is 1. The SMILES string of the molecule is COC[C@@H]1C[C@@H](Oc2ccc(C(=O)O)cc2)CN1C(=O)Cc1ccc2nc(Nc3cc(F)ccc3C)oc2c1F. The van der Waals surface area contributed by atoms with Crippen LogP contribution >= 0.6 is 0 Å². The van der Waals surface area contributed by atoms with Crippen molar-refractivity contribution in [3.05, 3.63) is 82.9 Å². The third kappa shape index (κ3) is 5.74. The van der Waals surface area contributed by atoms with Gasteiger partial charge in [-0.1, -0.05) is 12.1 Å². The maximum absolute atomic E-state index is 15.4. The number of aryl methyl sites for hydroxylation is 1. The Balaban J connectivity index is 1.29. The number of methoxy groups -OCH3 is 1. The minimum atomic E-state index is -1.03. The van der Waals surface area contributed by atoms with Crippen LogP contribution in [0.5, 0.6) is 5.75 Å². The van der Waals surface area contributed by atoms with Crippen molar-refractivity contribution < 1.29 is 37.4 Å². The zero-order valence-electron chi connectivity index (χ0n) is 21.8. The van der Waals surface area contributed by atoms with Crippen LogP contribution in [0.2, 0.25) is 0 Å². The standard InChI is InChI=1S/C29H27F2N3O6/c1-16-3-7-19(30)12-24(16)33-29-32-23-10-6-18(26(31)27(23)40-29)11-25(35)34-14-22(13-20(34)15-38-2)39-21-8-4-17(5-9-21)28(36)37/h3-10,12,20,22H,11,13-15H2,1-2H3,(H,32,33)(H,36,37)/t20-,22+/m0/s1. The summed E-state index contributed by atoms with van der Waals surface area (Å²) in [4.78, 5) is 30.2. The number of likely N-dealkylation sites (tertiary alicyclic amines) is 1. The Morgan fingerprint density at radius 2 is 1.93 bits per heavy atom. The molecule has 208 valence electrons. The van der Waals surface area contributed by atoms with Gasteiger partial charge in [-0.2, -0.15) is 4.98 Å². The van der Waals surface area contributed by atoms with E-state index in [2.05, 4.69) is 10.3 Å². The molecule has 1 saturated heterocycles. The van der Waals surface area contributed by atoms with E-state index < -0.39 is 17.6 Å². The topological polar surface area (TPSA) is 114 Å². The highest BCUT2D eigenvalue weighted by Gasteiger charge is 2.36. The van der Waals surface area contributed by atoms with Crippen LogP contribution in [-0.2, 0) is 16.0 Å². The summed E-state index contributed by atoms with van der Waals surface area (Å²) in [5.41, 5.74) is 1.63. The molecule has 2 N–H and O–H groups in total. The summed E-state index contributed by atoms with van der Waals surface area (Å²) in [5.74, 6) is -1.99. The summed E-state index contributed by atoms with van der Waals surface area (Å²) in [6.07, 6.45) is -0.0614. The van der Waals surface area contributed by atoms with Gasteiger partial charge in [0.15, 0.2) is 11.4 Å². The van der Waals surface area contributed by atoms with Crippen molar-refractivity contribution in [2.75, 3.05) is 25.6 Å². The van der Waals surface area contributed by atoms with E-state index in [4.69, 9.17) is 19.0 Å². The zero-order valence-corrected chi connectivity index (χ0v) is 21.8. The molecule has 0 radical (unpaired) electrons. The van der Waals surface area contributed by atoms with Gasteiger partial charge in [-0.15, -0.1) is 0 Å². The Bertz CT molecular complexity index is 1560. The number of amides is 1. The van der Waals surface area contributed by atoms with Crippen LogP contribution in [0.15, 0.2) is 59.0 Å². The first kappa shape index (κ1) is 27.1. The number of hydrogen-bond donors (Lipinski definition) is 2. The van der Waals surface area contributed by atoms with Gasteiger partial charge in [-0.3, -0.25) is 4.79 Å². The molecule has 1 amide bonds. The fraction of sp³-hybridized carbons (Fsp3) is 0.276. The molecule has 1 fully saturated rings. The quantitative estimate of drug-likeness (QED) is 0.296. The fourth-order valence-corrected chi connectivity index (χ4v) is 4.78. The lowest BCUT2D eigenvalue weighted by Gasteiger charge is -2.23. The molecule has 4 aromatic rings. The molecule has 1 aliphatic heterocycles. The number of anilines is 2. The highest BCUT2D eigenvalue weighted by atomic mass is 19.1. The van der Waals surface area contributed by atoms with E-state index in [0.29, 0.717) is 17.9 Å². The first-order chi connectivity index (χ1) is 19.2. The number of benzene rings is 3. The number of aromatic carboxylic acids is 1. The maximum Gasteiger partial charge on any atom is 0.335 e. The van der Waals surface area contributed by atoms with Crippen molar-refractivity contribution >= 4 is 34.7 Å². The monoisotopic (exact) mass is 551 g/mol. The minimum Gasteiger partial charge on any atom is -0.489 e. The van der Waals surface area contributed by atoms with Crippen LogP contribution in [0, 0.1) is 18.6 Å². The molecular weight excluding hydrogens is 524 g/mol. The fourth-order valence-electron chi connectivity index (χ4n) is 4.78. The van der Waals surface area contributed by atoms with Gasteiger partial charge in [0.05, 0.1) is 31.2 Å². The number of halogens is 2. The van der Waals surface area contributed by atoms with Gasteiger partial charge < -0.3 is 29.2 Å². The normalized spacial score (nSPS) is 16.9. The summed E-state index contributed by atoms with van der Waals surface area (Å²) in [6.45, 7) is 2.33. The Kier molecular flexibility index (Phi) is 7.65. The molecule has 2 atom stereocenters. The van der Waals surface area contributed by atoms with Crippen LogP contribution in [0.4, 0.5) is 20.5 Å². The van der Waals surface area contributed by atoms with Crippen molar-refractivity contribution in [2.45, 2.75) is 31.9 Å². The second-order valence-corrected chi connectivity index (χ2v) is 9.63. The van der Waals surface area contributed by atoms with Gasteiger partial charge >= 0.3 is 5.97 Å². The van der Waals surface area contributed by atoms with E-state index in [0.717, 1.165) is 5.56 Å². The van der Waals surface area contributed by atoms with Gasteiger partial charge in [0.2, 0.25) is 5.91 Å². The van der Waals surface area contributed by atoms with Crippen molar-refractivity contribution in [1.29, 1.82) is 0 Å². The Hall–Kier alpha value is -4.51. The Morgan fingerprint density at radius 1 is 1.15 bits per heavy atom. The highest BCUT2D eigenvalue weighted by Crippen LogP contribution is 2.29. The van der Waals surface area contributed by atoms with Crippen molar-refractivity contribution in [3.63, 3.8) is 0 Å². The summed E-state index contributed by atoms with van der Waals surface area (Å²) < 4.78 is 46.0. The average Bonchev–Trinajstić information content (AvgIpc) is 3.52. The van der Waals surface area contributed by atoms with E-state index in [1.165, 1.54) is 37.4 Å². The average molecular weight is 552 g/mol. The Morgan fingerprint density at radius 3 is 2.65 bits per heavy atom. The number of carbonyl (C=O) groups is 2. The predicted octanol–water partition coefficient (Wildman–Crippen LogP) is 5.09. The molecule has 2 heterocycles. The number of fused-ring (bicyclic) bond motifs is 1. The summed E-state index contributed by atoms with van der Waals surface area (Å²) in [7, 11) is 1.54. The van der Waals surface area contributed by atoms with E-state index in [1.54, 1.807) is 36.1 Å². The van der Waals surface area contributed by atoms with Gasteiger partial charge in [0, 0.05) is 24.8 Å². The second kappa shape index (κ2) is 11.3. The van der Waals surface area contributed by atoms with Gasteiger partial charge in [0.1, 0.15) is 23.2 Å². The van der Waals surface area contributed by atoms with Crippen molar-refractivity contribution in [3.8, 4) is 5.75 Å². The van der Waals surface area contributed by atoms with Gasteiger partial charge in [-0.05, 0) is 55.0 Å². The van der Waals surface area contributed by atoms with Crippen LogP contribution in [0.1, 0.15) is 27.9 Å². The first-order valence-electron chi connectivity index (χ1n) is 12.6. The summed E-state index contributed by atoms with van der Waals surface area (Å²) in [5, 5.41) is 11.9. The van der Waals surface area contributed by atoms with E-state index in [1.807, 2.05) is 0 Å². The number of hydrogen-bond acceptors (Lipinski definition) is 7. The molecule has 0 aliphatic carbocycles. The molecular formula is C29H27F2N3O6. The molecule has 1 aliphatic rings. The van der Waals surface area contributed by atoms with Gasteiger partial charge in [0.25, 0.3) is 6.01 Å². The molecule has 1 aromatic heterocycles. The number of oxazole rings is 1. The van der Waals surface area contributed by atoms with Crippen LogP contribution in [-0.4, -0.2) is 59.3 Å². The number of aromatic nitrogens is 1. The maximum atomic E-state index is 15.4. The summed E-state index contributed by atoms with van der Waals surface area (Å²) in [6, 6.07) is 13.1. The van der Waals surface area contributed by atoms with Crippen LogP contribution in [0.25, 0.3) is 11.1 Å². The van der Waals surface area contributed by atoms with Crippen molar-refractivity contribution in [1.82, 2.24) is 9.88 Å². The molecule has 3 aromatic carbocycles. The molecule has 0 bridgehead atoms. The lowest BCUT2D eigenvalue weighted by Crippen LogP contribution is -2.39. The number of carboxylic acid groups (broad SMARTS) is 1. The molecule has 0 unspecified atom stereocenters. The number of rotatable bonds is 9. The number of carbonyl (C=O) groups excluding carboxylic acids is 1. The van der Waals surface area contributed by atoms with Gasteiger partial charge in [-0.25, -0.2) is 13.6 Å². The molecule has 0 saturated carbocycles. The smallest absolute Gasteiger partial charge is 0.335 e. The number of nitrogens with one attached hydrogen (secondary N) is 1. The van der Waals surface area contributed by atoms with Crippen LogP contribution < -0.4 is 10.1 Å². The molecule has 0 spiro atoms. The first-order valence-corrected chi connectivity index (χ1v) is 12.6. The van der Waals surface area contributed by atoms with Crippen molar-refractivity contribution in [2.24, 2.45) is 0 Å². The minimum absolute atomic E-state index is 0.00200. The Labute approximate surface area is 228 Å². The number of ether oxygens (including phenoxy) is 2. The molecule has 5 rings (SSSR count). The molecule has 40 heavy (non-hydrogen) atoms. The third-order valence-electron chi connectivity index (χ3n) is 6.82. The van der Waals surface area contributed by atoms with E-state index >= 15 is 4.39 Å². The molecule has 11 heteroatoms.